The molecule has 2 heterocycles. The Kier molecular flexibility index (Phi) is 4.56. The molecule has 3 N–H and O–H groups in total. The molecule has 8 nitrogen and oxygen atoms in total. The number of ether oxygens (including phenoxy) is 2. The van der Waals surface area contributed by atoms with Crippen LogP contribution in [0.5, 0.6) is 6.01 Å². The number of nitrogens with one attached hydrogen (secondary N) is 1. The number of anilines is 2. The highest BCUT2D eigenvalue weighted by atomic mass is 16.5. The molecule has 0 amide bonds. The lowest BCUT2D eigenvalue weighted by Crippen LogP contribution is -2.48. The number of rotatable bonds is 5. The van der Waals surface area contributed by atoms with E-state index in [2.05, 4.69) is 32.2 Å². The zero-order valence-corrected chi connectivity index (χ0v) is 12.2. The van der Waals surface area contributed by atoms with Gasteiger partial charge < -0.3 is 14.4 Å². The van der Waals surface area contributed by atoms with Crippen LogP contribution in [0.3, 0.4) is 0 Å². The van der Waals surface area contributed by atoms with E-state index in [0.717, 1.165) is 25.9 Å². The van der Waals surface area contributed by atoms with Crippen LogP contribution >= 0.6 is 0 Å². The molecule has 1 aliphatic heterocycles. The van der Waals surface area contributed by atoms with E-state index >= 15 is 0 Å². The fourth-order valence-corrected chi connectivity index (χ4v) is 2.29. The van der Waals surface area contributed by atoms with Crippen molar-refractivity contribution in [2.75, 3.05) is 37.1 Å². The van der Waals surface area contributed by atoms with E-state index in [1.807, 2.05) is 6.92 Å². The summed E-state index contributed by atoms with van der Waals surface area (Å²) in [5.41, 5.74) is 2.25. The maximum atomic E-state index is 5.58. The second kappa shape index (κ2) is 6.19. The standard InChI is InChI=1S/C12H22N6O2/c1-4-20-11-15-9(17-13)14-10(16-11)18-7-5-6-12(2,8-18)19-3/h4-8,13H2,1-3H3,(H,14,15,16,17). The summed E-state index contributed by atoms with van der Waals surface area (Å²) in [6, 6.07) is 0.273. The number of methoxy groups -OCH3 is 1. The molecule has 1 atom stereocenters. The number of nitrogen functional groups attached to an aromatic ring is 1. The van der Waals surface area contributed by atoms with Gasteiger partial charge in [0.25, 0.3) is 0 Å². The molecule has 2 rings (SSSR count). The van der Waals surface area contributed by atoms with E-state index < -0.39 is 0 Å². The fraction of sp³-hybridized carbons (Fsp3) is 0.750. The smallest absolute Gasteiger partial charge is 0.323 e. The molecule has 1 aromatic heterocycles. The summed E-state index contributed by atoms with van der Waals surface area (Å²) in [6.07, 6.45) is 2.04. The lowest BCUT2D eigenvalue weighted by atomic mass is 9.95. The number of nitrogens with zero attached hydrogens (tertiary/aromatic N) is 4. The molecule has 8 heteroatoms. The van der Waals surface area contributed by atoms with Gasteiger partial charge in [0.15, 0.2) is 0 Å². The number of hydrazine groups is 1. The van der Waals surface area contributed by atoms with Gasteiger partial charge in [-0.2, -0.15) is 15.0 Å². The molecule has 1 unspecified atom stereocenters. The maximum Gasteiger partial charge on any atom is 0.323 e. The first-order chi connectivity index (χ1) is 9.60. The van der Waals surface area contributed by atoms with E-state index in [1.54, 1.807) is 7.11 Å². The molecule has 1 saturated heterocycles. The highest BCUT2D eigenvalue weighted by Gasteiger charge is 2.32. The highest BCUT2D eigenvalue weighted by Crippen LogP contribution is 2.27. The van der Waals surface area contributed by atoms with Gasteiger partial charge >= 0.3 is 6.01 Å². The first-order valence-corrected chi connectivity index (χ1v) is 6.76. The minimum atomic E-state index is -0.188. The van der Waals surface area contributed by atoms with Crippen LogP contribution in [-0.4, -0.2) is 47.4 Å². The minimum Gasteiger partial charge on any atom is -0.464 e. The van der Waals surface area contributed by atoms with Crippen LogP contribution in [0.4, 0.5) is 11.9 Å². The van der Waals surface area contributed by atoms with Crippen molar-refractivity contribution in [2.45, 2.75) is 32.3 Å². The summed E-state index contributed by atoms with van der Waals surface area (Å²) in [5.74, 6) is 6.24. The van der Waals surface area contributed by atoms with Crippen molar-refractivity contribution in [3.8, 4) is 6.01 Å². The van der Waals surface area contributed by atoms with Gasteiger partial charge in [0.2, 0.25) is 11.9 Å². The number of nitrogens with two attached hydrogens (primary N) is 1. The molecule has 1 fully saturated rings. The fourth-order valence-electron chi connectivity index (χ4n) is 2.29. The van der Waals surface area contributed by atoms with E-state index in [0.29, 0.717) is 18.5 Å². The van der Waals surface area contributed by atoms with Gasteiger partial charge in [-0.3, -0.25) is 5.43 Å². The molecular weight excluding hydrogens is 260 g/mol. The van der Waals surface area contributed by atoms with Crippen molar-refractivity contribution in [3.63, 3.8) is 0 Å². The summed E-state index contributed by atoms with van der Waals surface area (Å²) in [6.45, 7) is 6.05. The predicted molar refractivity (Wildman–Crippen MR) is 75.7 cm³/mol. The largest absolute Gasteiger partial charge is 0.464 e. The van der Waals surface area contributed by atoms with Gasteiger partial charge in [-0.1, -0.05) is 0 Å². The van der Waals surface area contributed by atoms with Gasteiger partial charge in [0.05, 0.1) is 12.2 Å². The van der Waals surface area contributed by atoms with Crippen molar-refractivity contribution >= 4 is 11.9 Å². The molecule has 0 aliphatic carbocycles. The number of piperidine rings is 1. The van der Waals surface area contributed by atoms with Crippen LogP contribution in [0.1, 0.15) is 26.7 Å². The van der Waals surface area contributed by atoms with Crippen molar-refractivity contribution in [1.29, 1.82) is 0 Å². The molecule has 0 saturated carbocycles. The summed E-state index contributed by atoms with van der Waals surface area (Å²) in [4.78, 5) is 14.7. The van der Waals surface area contributed by atoms with Crippen molar-refractivity contribution in [2.24, 2.45) is 5.84 Å². The molecule has 0 bridgehead atoms. The molecular formula is C12H22N6O2. The van der Waals surface area contributed by atoms with Crippen molar-refractivity contribution in [3.05, 3.63) is 0 Å². The van der Waals surface area contributed by atoms with Gasteiger partial charge in [-0.15, -0.1) is 0 Å². The quantitative estimate of drug-likeness (QED) is 0.597. The van der Waals surface area contributed by atoms with Crippen LogP contribution in [0.2, 0.25) is 0 Å². The monoisotopic (exact) mass is 282 g/mol. The van der Waals surface area contributed by atoms with E-state index in [1.165, 1.54) is 0 Å². The second-order valence-corrected chi connectivity index (χ2v) is 5.00. The number of hydrogen-bond donors (Lipinski definition) is 2. The van der Waals surface area contributed by atoms with Crippen LogP contribution in [0.15, 0.2) is 0 Å². The first kappa shape index (κ1) is 14.7. The Morgan fingerprint density at radius 1 is 1.40 bits per heavy atom. The summed E-state index contributed by atoms with van der Waals surface area (Å²) in [5, 5.41) is 0. The van der Waals surface area contributed by atoms with Gasteiger partial charge in [-0.25, -0.2) is 5.84 Å². The predicted octanol–water partition coefficient (Wildman–Crippen LogP) is 0.561. The van der Waals surface area contributed by atoms with Crippen LogP contribution in [0.25, 0.3) is 0 Å². The molecule has 0 spiro atoms. The Labute approximate surface area is 118 Å². The lowest BCUT2D eigenvalue weighted by molar-refractivity contribution is -0.00502. The van der Waals surface area contributed by atoms with E-state index in [4.69, 9.17) is 15.3 Å². The molecule has 0 aromatic carbocycles. The maximum absolute atomic E-state index is 5.58. The molecule has 112 valence electrons. The minimum absolute atomic E-state index is 0.188. The van der Waals surface area contributed by atoms with Crippen LogP contribution < -0.4 is 20.9 Å². The third kappa shape index (κ3) is 3.26. The van der Waals surface area contributed by atoms with Gasteiger partial charge in [0, 0.05) is 20.2 Å². The highest BCUT2D eigenvalue weighted by molar-refractivity contribution is 5.38. The number of aromatic nitrogens is 3. The van der Waals surface area contributed by atoms with Gasteiger partial charge in [0.1, 0.15) is 0 Å². The normalized spacial score (nSPS) is 22.7. The molecule has 1 aromatic rings. The Morgan fingerprint density at radius 3 is 2.85 bits per heavy atom. The van der Waals surface area contributed by atoms with Crippen molar-refractivity contribution < 1.29 is 9.47 Å². The Morgan fingerprint density at radius 2 is 2.20 bits per heavy atom. The van der Waals surface area contributed by atoms with Crippen LogP contribution in [0, 0.1) is 0 Å². The molecule has 20 heavy (non-hydrogen) atoms. The first-order valence-electron chi connectivity index (χ1n) is 6.76. The van der Waals surface area contributed by atoms with E-state index in [-0.39, 0.29) is 11.6 Å². The molecule has 0 radical (unpaired) electrons. The van der Waals surface area contributed by atoms with Crippen LogP contribution in [-0.2, 0) is 4.74 Å². The summed E-state index contributed by atoms with van der Waals surface area (Å²) in [7, 11) is 1.73. The number of hydrogen-bond acceptors (Lipinski definition) is 8. The SMILES string of the molecule is CCOc1nc(NN)nc(N2CCCC(C)(OC)C2)n1. The Hall–Kier alpha value is -1.67. The topological polar surface area (TPSA) is 98.4 Å². The average molecular weight is 282 g/mol. The summed E-state index contributed by atoms with van der Waals surface area (Å²) >= 11 is 0. The summed E-state index contributed by atoms with van der Waals surface area (Å²) < 4.78 is 10.9. The average Bonchev–Trinajstić information content (AvgIpc) is 2.47. The Balaban J connectivity index is 2.24. The zero-order valence-electron chi connectivity index (χ0n) is 12.2. The lowest BCUT2D eigenvalue weighted by Gasteiger charge is -2.39. The van der Waals surface area contributed by atoms with Crippen molar-refractivity contribution in [1.82, 2.24) is 15.0 Å². The zero-order chi connectivity index (χ0) is 14.6. The van der Waals surface area contributed by atoms with Gasteiger partial charge in [-0.05, 0) is 26.7 Å². The second-order valence-electron chi connectivity index (χ2n) is 5.00. The Bertz CT molecular complexity index is 458. The third-order valence-electron chi connectivity index (χ3n) is 3.44. The molecule has 1 aliphatic rings. The van der Waals surface area contributed by atoms with E-state index in [9.17, 15) is 0 Å². The third-order valence-corrected chi connectivity index (χ3v) is 3.44.